The lowest BCUT2D eigenvalue weighted by atomic mass is 9.99. The van der Waals surface area contributed by atoms with Crippen LogP contribution >= 0.6 is 0 Å². The van der Waals surface area contributed by atoms with Crippen molar-refractivity contribution in [1.82, 2.24) is 15.5 Å². The lowest BCUT2D eigenvalue weighted by molar-refractivity contribution is -0.145. The molecule has 2 N–H and O–H groups in total. The summed E-state index contributed by atoms with van der Waals surface area (Å²) in [5.41, 5.74) is 1.72. The molecular weight excluding hydrogens is 356 g/mol. The number of carbonyl (C=O) groups is 2. The molecule has 7 nitrogen and oxygen atoms in total. The van der Waals surface area contributed by atoms with Crippen molar-refractivity contribution in [3.05, 3.63) is 35.4 Å². The monoisotopic (exact) mass is 388 g/mol. The SMILES string of the molecule is CCCCNC(=O)c1ccc(CNC(=NC)N2CC(C)C(C(=O)OC)C2)cc1. The summed E-state index contributed by atoms with van der Waals surface area (Å²) < 4.78 is 4.90. The third kappa shape index (κ3) is 5.71. The number of amides is 1. The number of unbranched alkanes of at least 4 members (excludes halogenated alkanes) is 1. The summed E-state index contributed by atoms with van der Waals surface area (Å²) in [6, 6.07) is 7.57. The van der Waals surface area contributed by atoms with Gasteiger partial charge in [-0.15, -0.1) is 0 Å². The van der Waals surface area contributed by atoms with Gasteiger partial charge in [-0.2, -0.15) is 0 Å². The van der Waals surface area contributed by atoms with Crippen LogP contribution in [0, 0.1) is 11.8 Å². The summed E-state index contributed by atoms with van der Waals surface area (Å²) in [6.07, 6.45) is 2.04. The summed E-state index contributed by atoms with van der Waals surface area (Å²) in [7, 11) is 3.17. The number of carbonyl (C=O) groups excluding carboxylic acids is 2. The van der Waals surface area contributed by atoms with E-state index in [4.69, 9.17) is 4.74 Å². The van der Waals surface area contributed by atoms with Crippen molar-refractivity contribution < 1.29 is 14.3 Å². The number of likely N-dealkylation sites (tertiary alicyclic amines) is 1. The molecule has 1 saturated heterocycles. The highest BCUT2D eigenvalue weighted by molar-refractivity contribution is 5.94. The molecular formula is C21H32N4O3. The second-order valence-corrected chi connectivity index (χ2v) is 7.22. The summed E-state index contributed by atoms with van der Waals surface area (Å²) >= 11 is 0. The van der Waals surface area contributed by atoms with E-state index in [1.54, 1.807) is 7.05 Å². The van der Waals surface area contributed by atoms with Crippen LogP contribution in [0.5, 0.6) is 0 Å². The van der Waals surface area contributed by atoms with Gasteiger partial charge in [-0.25, -0.2) is 0 Å². The Morgan fingerprint density at radius 2 is 1.93 bits per heavy atom. The summed E-state index contributed by atoms with van der Waals surface area (Å²) in [6.45, 7) is 6.81. The molecule has 154 valence electrons. The normalized spacial score (nSPS) is 19.4. The first-order valence-corrected chi connectivity index (χ1v) is 9.90. The van der Waals surface area contributed by atoms with Crippen molar-refractivity contribution in [3.8, 4) is 0 Å². The number of hydrogen-bond donors (Lipinski definition) is 2. The van der Waals surface area contributed by atoms with Crippen molar-refractivity contribution in [1.29, 1.82) is 0 Å². The number of aliphatic imine (C=N–C) groups is 1. The lowest BCUT2D eigenvalue weighted by Crippen LogP contribution is -2.40. The van der Waals surface area contributed by atoms with Crippen LogP contribution in [0.1, 0.15) is 42.6 Å². The molecule has 0 aromatic heterocycles. The highest BCUT2D eigenvalue weighted by atomic mass is 16.5. The maximum atomic E-state index is 12.1. The van der Waals surface area contributed by atoms with Gasteiger partial charge in [-0.3, -0.25) is 14.6 Å². The molecule has 28 heavy (non-hydrogen) atoms. The first-order chi connectivity index (χ1) is 13.5. The Kier molecular flexibility index (Phi) is 8.29. The maximum absolute atomic E-state index is 12.1. The van der Waals surface area contributed by atoms with Gasteiger partial charge in [0.15, 0.2) is 5.96 Å². The topological polar surface area (TPSA) is 83.0 Å². The number of methoxy groups -OCH3 is 1. The number of nitrogens with one attached hydrogen (secondary N) is 2. The average molecular weight is 389 g/mol. The Labute approximate surface area is 167 Å². The van der Waals surface area contributed by atoms with E-state index in [9.17, 15) is 9.59 Å². The van der Waals surface area contributed by atoms with Gasteiger partial charge in [0.1, 0.15) is 0 Å². The molecule has 2 atom stereocenters. The number of guanidine groups is 1. The van der Waals surface area contributed by atoms with E-state index in [1.807, 2.05) is 24.3 Å². The molecule has 1 heterocycles. The second kappa shape index (κ2) is 10.7. The van der Waals surface area contributed by atoms with Crippen LogP contribution in [-0.4, -0.2) is 56.5 Å². The fourth-order valence-corrected chi connectivity index (χ4v) is 3.37. The molecule has 0 aliphatic carbocycles. The van der Waals surface area contributed by atoms with Gasteiger partial charge in [0.2, 0.25) is 0 Å². The van der Waals surface area contributed by atoms with E-state index in [0.29, 0.717) is 25.2 Å². The number of esters is 1. The second-order valence-electron chi connectivity index (χ2n) is 7.22. The van der Waals surface area contributed by atoms with Crippen LogP contribution < -0.4 is 10.6 Å². The molecule has 1 fully saturated rings. The number of benzene rings is 1. The number of rotatable bonds is 7. The van der Waals surface area contributed by atoms with Crippen LogP contribution in [0.25, 0.3) is 0 Å². The van der Waals surface area contributed by atoms with Gasteiger partial charge in [-0.05, 0) is 30.0 Å². The Hall–Kier alpha value is -2.57. The Morgan fingerprint density at radius 3 is 2.54 bits per heavy atom. The van der Waals surface area contributed by atoms with Gasteiger partial charge in [0.05, 0.1) is 13.0 Å². The standard InChI is InChI=1S/C21H32N4O3/c1-5-6-11-23-19(26)17-9-7-16(8-10-17)12-24-21(22-3)25-13-15(2)18(14-25)20(27)28-4/h7-10,15,18H,5-6,11-14H2,1-4H3,(H,22,24)(H,23,26). The summed E-state index contributed by atoms with van der Waals surface area (Å²) in [5.74, 6) is 0.645. The molecule has 0 spiro atoms. The zero-order valence-electron chi connectivity index (χ0n) is 17.3. The largest absolute Gasteiger partial charge is 0.469 e. The summed E-state index contributed by atoms with van der Waals surface area (Å²) in [4.78, 5) is 30.4. The minimum atomic E-state index is -0.168. The van der Waals surface area contributed by atoms with Crippen molar-refractivity contribution in [2.24, 2.45) is 16.8 Å². The smallest absolute Gasteiger partial charge is 0.310 e. The van der Waals surface area contributed by atoms with Crippen LogP contribution in [0.15, 0.2) is 29.3 Å². The van der Waals surface area contributed by atoms with E-state index in [-0.39, 0.29) is 23.7 Å². The molecule has 0 radical (unpaired) electrons. The van der Waals surface area contributed by atoms with Gasteiger partial charge in [0, 0.05) is 38.8 Å². The first-order valence-electron chi connectivity index (χ1n) is 9.90. The van der Waals surface area contributed by atoms with Crippen LogP contribution in [0.4, 0.5) is 0 Å². The van der Waals surface area contributed by atoms with Crippen molar-refractivity contribution in [3.63, 3.8) is 0 Å². The molecule has 2 unspecified atom stereocenters. The minimum Gasteiger partial charge on any atom is -0.469 e. The van der Waals surface area contributed by atoms with Gasteiger partial charge >= 0.3 is 5.97 Å². The van der Waals surface area contributed by atoms with Crippen LogP contribution in [0.2, 0.25) is 0 Å². The molecule has 1 amide bonds. The zero-order chi connectivity index (χ0) is 20.5. The quantitative estimate of drug-likeness (QED) is 0.323. The third-order valence-electron chi connectivity index (χ3n) is 5.11. The van der Waals surface area contributed by atoms with Crippen molar-refractivity contribution in [2.45, 2.75) is 33.2 Å². The van der Waals surface area contributed by atoms with Gasteiger partial charge < -0.3 is 20.3 Å². The number of nitrogens with zero attached hydrogens (tertiary/aromatic N) is 2. The Balaban J connectivity index is 1.88. The molecule has 1 aromatic rings. The van der Waals surface area contributed by atoms with Crippen molar-refractivity contribution >= 4 is 17.8 Å². The fraction of sp³-hybridized carbons (Fsp3) is 0.571. The zero-order valence-corrected chi connectivity index (χ0v) is 17.3. The van der Waals surface area contributed by atoms with Gasteiger partial charge in [-0.1, -0.05) is 32.4 Å². The fourth-order valence-electron chi connectivity index (χ4n) is 3.37. The molecule has 1 aliphatic rings. The van der Waals surface area contributed by atoms with Crippen molar-refractivity contribution in [2.75, 3.05) is 33.8 Å². The Bertz CT molecular complexity index is 687. The predicted molar refractivity (Wildman–Crippen MR) is 110 cm³/mol. The number of hydrogen-bond acceptors (Lipinski definition) is 4. The highest BCUT2D eigenvalue weighted by Gasteiger charge is 2.36. The van der Waals surface area contributed by atoms with E-state index >= 15 is 0 Å². The average Bonchev–Trinajstić information content (AvgIpc) is 3.10. The van der Waals surface area contributed by atoms with E-state index in [1.165, 1.54) is 7.11 Å². The molecule has 0 bridgehead atoms. The summed E-state index contributed by atoms with van der Waals surface area (Å²) in [5, 5.41) is 6.26. The predicted octanol–water partition coefficient (Wildman–Crippen LogP) is 2.03. The van der Waals surface area contributed by atoms with Gasteiger partial charge in [0.25, 0.3) is 5.91 Å². The highest BCUT2D eigenvalue weighted by Crippen LogP contribution is 2.24. The molecule has 1 aromatic carbocycles. The molecule has 0 saturated carbocycles. The lowest BCUT2D eigenvalue weighted by Gasteiger charge is -2.21. The third-order valence-corrected chi connectivity index (χ3v) is 5.11. The van der Waals surface area contributed by atoms with E-state index in [2.05, 4.69) is 34.4 Å². The molecule has 7 heteroatoms. The number of ether oxygens (including phenoxy) is 1. The van der Waals surface area contributed by atoms with E-state index < -0.39 is 0 Å². The molecule has 2 rings (SSSR count). The van der Waals surface area contributed by atoms with Crippen LogP contribution in [-0.2, 0) is 16.1 Å². The molecule has 1 aliphatic heterocycles. The first kappa shape index (κ1) is 21.7. The Morgan fingerprint density at radius 1 is 1.21 bits per heavy atom. The van der Waals surface area contributed by atoms with E-state index in [0.717, 1.165) is 30.9 Å². The maximum Gasteiger partial charge on any atom is 0.310 e. The van der Waals surface area contributed by atoms with Crippen LogP contribution in [0.3, 0.4) is 0 Å². The minimum absolute atomic E-state index is 0.0383.